The molecule has 0 saturated heterocycles. The third kappa shape index (κ3) is 6.25. The van der Waals surface area contributed by atoms with Crippen LogP contribution < -0.4 is 15.1 Å². The molecule has 3 aromatic heterocycles. The van der Waals surface area contributed by atoms with Crippen molar-refractivity contribution in [2.75, 3.05) is 26.9 Å². The second-order valence-electron chi connectivity index (χ2n) is 11.3. The Hall–Kier alpha value is -4.45. The molecule has 0 aliphatic heterocycles. The largest absolute Gasteiger partial charge is 0.466 e. The van der Waals surface area contributed by atoms with E-state index in [0.717, 1.165) is 5.56 Å². The fourth-order valence-electron chi connectivity index (χ4n) is 5.39. The van der Waals surface area contributed by atoms with Crippen LogP contribution in [0.15, 0.2) is 91.5 Å². The summed E-state index contributed by atoms with van der Waals surface area (Å²) in [6, 6.07) is 24.6. The van der Waals surface area contributed by atoms with Crippen LogP contribution in [0.2, 0.25) is 5.04 Å². The Balaban J connectivity index is 1.31. The van der Waals surface area contributed by atoms with Crippen molar-refractivity contribution < 1.29 is 23.4 Å². The summed E-state index contributed by atoms with van der Waals surface area (Å²) in [6.45, 7) is 9.13. The summed E-state index contributed by atoms with van der Waals surface area (Å²) in [6.07, 6.45) is 3.58. The zero-order valence-electron chi connectivity index (χ0n) is 25.6. The van der Waals surface area contributed by atoms with Gasteiger partial charge in [-0.2, -0.15) is 9.78 Å². The van der Waals surface area contributed by atoms with Crippen molar-refractivity contribution in [3.8, 4) is 11.7 Å². The molecule has 0 aliphatic rings. The number of carbonyl (C=O) groups excluding carboxylic acids is 1. The van der Waals surface area contributed by atoms with Crippen molar-refractivity contribution in [2.24, 2.45) is 0 Å². The van der Waals surface area contributed by atoms with Gasteiger partial charge in [0.05, 0.1) is 33.1 Å². The number of hydrogen-bond donors (Lipinski definition) is 0. The second-order valence-corrected chi connectivity index (χ2v) is 15.6. The summed E-state index contributed by atoms with van der Waals surface area (Å²) in [7, 11) is -1.40. The highest BCUT2D eigenvalue weighted by atomic mass is 28.4. The number of fused-ring (bicyclic) bond motifs is 1. The molecular formula is C33H37N5O5Si. The number of aryl methyl sites for hydroxylation is 1. The zero-order valence-corrected chi connectivity index (χ0v) is 26.6. The highest BCUT2D eigenvalue weighted by Gasteiger charge is 2.50. The fourth-order valence-corrected chi connectivity index (χ4v) is 9.94. The van der Waals surface area contributed by atoms with E-state index in [4.69, 9.17) is 18.6 Å². The lowest BCUT2D eigenvalue weighted by atomic mass is 10.2. The molecule has 0 unspecified atom stereocenters. The van der Waals surface area contributed by atoms with Crippen LogP contribution in [0.3, 0.4) is 0 Å². The predicted octanol–water partition coefficient (Wildman–Crippen LogP) is 4.03. The first kappa shape index (κ1) is 31.0. The van der Waals surface area contributed by atoms with Crippen molar-refractivity contribution in [3.05, 3.63) is 97.1 Å². The fraction of sp³-hybridized carbons (Fsp3) is 0.303. The van der Waals surface area contributed by atoms with Crippen molar-refractivity contribution in [3.63, 3.8) is 0 Å². The van der Waals surface area contributed by atoms with Crippen LogP contribution in [-0.4, -0.2) is 72.1 Å². The van der Waals surface area contributed by atoms with E-state index >= 15 is 0 Å². The van der Waals surface area contributed by atoms with Gasteiger partial charge >= 0.3 is 5.97 Å². The van der Waals surface area contributed by atoms with Crippen molar-refractivity contribution in [2.45, 2.75) is 38.8 Å². The van der Waals surface area contributed by atoms with E-state index in [-0.39, 0.29) is 24.1 Å². The Kier molecular flexibility index (Phi) is 9.48. The molecule has 0 bridgehead atoms. The molecule has 0 amide bonds. The second kappa shape index (κ2) is 13.5. The van der Waals surface area contributed by atoms with Crippen molar-refractivity contribution >= 4 is 35.7 Å². The Morgan fingerprint density at radius 3 is 2.20 bits per heavy atom. The van der Waals surface area contributed by atoms with Gasteiger partial charge in [0.25, 0.3) is 8.32 Å². The van der Waals surface area contributed by atoms with Crippen LogP contribution in [0.4, 0.5) is 0 Å². The number of benzene rings is 2. The third-order valence-electron chi connectivity index (χ3n) is 7.46. The van der Waals surface area contributed by atoms with Crippen LogP contribution in [0, 0.1) is 6.92 Å². The summed E-state index contributed by atoms with van der Waals surface area (Å²) in [5.41, 5.74) is 1.43. The molecule has 2 aromatic carbocycles. The molecule has 5 aromatic rings. The molecule has 5 rings (SSSR count). The maximum atomic E-state index is 12.7. The molecule has 11 heteroatoms. The highest BCUT2D eigenvalue weighted by molar-refractivity contribution is 6.99. The summed E-state index contributed by atoms with van der Waals surface area (Å²) < 4.78 is 25.5. The van der Waals surface area contributed by atoms with Gasteiger partial charge in [-0.15, -0.1) is 0 Å². The van der Waals surface area contributed by atoms with Crippen LogP contribution in [0.1, 0.15) is 26.3 Å². The number of pyridine rings is 1. The summed E-state index contributed by atoms with van der Waals surface area (Å²) in [5.74, 6) is 0.246. The molecule has 10 nitrogen and oxygen atoms in total. The van der Waals surface area contributed by atoms with E-state index in [2.05, 4.69) is 89.4 Å². The standard InChI is InChI=1S/C33H37N5O5Si/c1-24-13-12-18-34-29(24)38-30-27(21-37-38)31(36-23-35-30)43-28(32(39)40-5)22-41-19-20-42-44(33(2,3)4,25-14-8-6-9-15-25)26-16-10-7-11-17-26/h6-18,21,23,28H,19-20,22H2,1-5H3/t28-/m0/s1. The molecule has 0 radical (unpaired) electrons. The molecule has 1 atom stereocenters. The van der Waals surface area contributed by atoms with E-state index in [1.807, 2.05) is 31.2 Å². The summed E-state index contributed by atoms with van der Waals surface area (Å²) >= 11 is 0. The molecule has 0 aliphatic carbocycles. The van der Waals surface area contributed by atoms with Crippen molar-refractivity contribution in [1.29, 1.82) is 0 Å². The molecule has 0 fully saturated rings. The first-order chi connectivity index (χ1) is 21.3. The minimum Gasteiger partial charge on any atom is -0.466 e. The molecule has 228 valence electrons. The number of esters is 1. The van der Waals surface area contributed by atoms with Crippen LogP contribution in [0.25, 0.3) is 16.9 Å². The number of carbonyl (C=O) groups is 1. The van der Waals surface area contributed by atoms with Gasteiger partial charge in [0, 0.05) is 6.20 Å². The first-order valence-corrected chi connectivity index (χ1v) is 16.3. The first-order valence-electron chi connectivity index (χ1n) is 14.4. The summed E-state index contributed by atoms with van der Waals surface area (Å²) in [4.78, 5) is 25.8. The molecule has 3 heterocycles. The van der Waals surface area contributed by atoms with Gasteiger partial charge < -0.3 is 18.6 Å². The smallest absolute Gasteiger partial charge is 0.349 e. The predicted molar refractivity (Wildman–Crippen MR) is 170 cm³/mol. The maximum absolute atomic E-state index is 12.7. The van der Waals surface area contributed by atoms with E-state index in [0.29, 0.717) is 23.5 Å². The summed E-state index contributed by atoms with van der Waals surface area (Å²) in [5, 5.41) is 7.18. The number of rotatable bonds is 12. The molecule has 0 N–H and O–H groups in total. The Morgan fingerprint density at radius 2 is 1.59 bits per heavy atom. The van der Waals surface area contributed by atoms with Crippen LogP contribution >= 0.6 is 0 Å². The Labute approximate surface area is 258 Å². The molecule has 44 heavy (non-hydrogen) atoms. The van der Waals surface area contributed by atoms with Crippen LogP contribution in [-0.2, 0) is 18.7 Å². The van der Waals surface area contributed by atoms with Crippen LogP contribution in [0.5, 0.6) is 5.88 Å². The van der Waals surface area contributed by atoms with E-state index in [9.17, 15) is 4.79 Å². The van der Waals surface area contributed by atoms with Gasteiger partial charge in [-0.05, 0) is 34.0 Å². The SMILES string of the molecule is COC(=O)[C@H](COCCO[Si](c1ccccc1)(c1ccccc1)C(C)(C)C)Oc1ncnc2c1cnn2-c1ncccc1C. The normalized spacial score (nSPS) is 12.7. The lowest BCUT2D eigenvalue weighted by Gasteiger charge is -2.43. The molecular weight excluding hydrogens is 574 g/mol. The van der Waals surface area contributed by atoms with E-state index in [1.54, 1.807) is 17.1 Å². The van der Waals surface area contributed by atoms with Crippen molar-refractivity contribution in [1.82, 2.24) is 24.7 Å². The quantitative estimate of drug-likeness (QED) is 0.117. The van der Waals surface area contributed by atoms with Gasteiger partial charge in [-0.3, -0.25) is 0 Å². The lowest BCUT2D eigenvalue weighted by molar-refractivity contribution is -0.152. The Bertz CT molecular complexity index is 1650. The average molecular weight is 612 g/mol. The number of ether oxygens (including phenoxy) is 3. The lowest BCUT2D eigenvalue weighted by Crippen LogP contribution is -2.66. The maximum Gasteiger partial charge on any atom is 0.349 e. The van der Waals surface area contributed by atoms with Gasteiger partial charge in [-0.25, -0.2) is 19.7 Å². The minimum absolute atomic E-state index is 0.0598. The highest BCUT2D eigenvalue weighted by Crippen LogP contribution is 2.36. The molecule has 0 saturated carbocycles. The zero-order chi connectivity index (χ0) is 31.2. The van der Waals surface area contributed by atoms with Gasteiger partial charge in [0.15, 0.2) is 11.5 Å². The topological polar surface area (TPSA) is 110 Å². The van der Waals surface area contributed by atoms with E-state index in [1.165, 1.54) is 23.8 Å². The Morgan fingerprint density at radius 1 is 0.909 bits per heavy atom. The number of nitrogens with zero attached hydrogens (tertiary/aromatic N) is 5. The monoisotopic (exact) mass is 611 g/mol. The molecule has 0 spiro atoms. The average Bonchev–Trinajstić information content (AvgIpc) is 3.47. The third-order valence-corrected chi connectivity index (χ3v) is 12.5. The van der Waals surface area contributed by atoms with Gasteiger partial charge in [-0.1, -0.05) is 87.5 Å². The number of aromatic nitrogens is 5. The minimum atomic E-state index is -2.71. The number of methoxy groups -OCH3 is 1. The van der Waals surface area contributed by atoms with E-state index < -0.39 is 20.4 Å². The van der Waals surface area contributed by atoms with Gasteiger partial charge in [0.2, 0.25) is 12.0 Å². The number of hydrogen-bond acceptors (Lipinski definition) is 9. The van der Waals surface area contributed by atoms with Gasteiger partial charge in [0.1, 0.15) is 11.7 Å².